The van der Waals surface area contributed by atoms with Gasteiger partial charge in [-0.05, 0) is 0 Å². The van der Waals surface area contributed by atoms with Crippen molar-refractivity contribution in [2.75, 3.05) is 0 Å². The molecule has 0 aliphatic carbocycles. The zero-order valence-corrected chi connectivity index (χ0v) is 32.8. The molecule has 0 aromatic rings. The summed E-state index contributed by atoms with van der Waals surface area (Å²) in [5.41, 5.74) is 0. The van der Waals surface area contributed by atoms with E-state index < -0.39 is 0 Å². The summed E-state index contributed by atoms with van der Waals surface area (Å²) in [6.45, 7) is 29.0. The number of Topliss-reactive ketones (excluding diaryl/α,β-unsaturated/α-hetero) is 8. The Hall–Kier alpha value is -1.93. The van der Waals surface area contributed by atoms with E-state index in [1.165, 1.54) is 0 Å². The van der Waals surface area contributed by atoms with Crippen LogP contribution >= 0.6 is 0 Å². The minimum absolute atomic E-state index is 0. The molecule has 0 radical (unpaired) electrons. The summed E-state index contributed by atoms with van der Waals surface area (Å²) in [6, 6.07) is 0. The van der Waals surface area contributed by atoms with E-state index in [4.69, 9.17) is 0 Å². The number of hydrogen-bond donors (Lipinski definition) is 0. The minimum atomic E-state index is -0.0160. The van der Waals surface area contributed by atoms with Gasteiger partial charge in [0.05, 0.1) is 25.7 Å². The zero-order valence-electron chi connectivity index (χ0n) is 31.2. The Morgan fingerprint density at radius 1 is 0.244 bits per heavy atom. The topological polar surface area (TPSA) is 137 Å². The molecular weight excluding hydrogens is 608 g/mol. The average molecular weight is 673 g/mol. The summed E-state index contributed by atoms with van der Waals surface area (Å²) in [6.07, 6.45) is 0.426. The van der Waals surface area contributed by atoms with Crippen molar-refractivity contribution in [2.45, 2.75) is 136 Å². The van der Waals surface area contributed by atoms with E-state index in [9.17, 15) is 38.4 Å². The summed E-state index contributed by atoms with van der Waals surface area (Å²) in [7, 11) is 0. The van der Waals surface area contributed by atoms with E-state index in [0.29, 0.717) is 0 Å². The monoisotopic (exact) mass is 672 g/mol. The Labute approximate surface area is 289 Å². The summed E-state index contributed by atoms with van der Waals surface area (Å²) in [5.74, 6) is 0.233. The predicted molar refractivity (Wildman–Crippen MR) is 177 cm³/mol. The molecule has 0 fully saturated rings. The van der Waals surface area contributed by atoms with Gasteiger partial charge in [-0.2, -0.15) is 0 Å². The quantitative estimate of drug-likeness (QED) is 0.123. The van der Waals surface area contributed by atoms with Crippen LogP contribution in [0, 0.1) is 47.3 Å². The molecule has 45 heavy (non-hydrogen) atoms. The Bertz CT molecular complexity index is 715. The van der Waals surface area contributed by atoms with Crippen LogP contribution in [0.2, 0.25) is 0 Å². The number of rotatable bonds is 16. The second-order valence-corrected chi connectivity index (χ2v) is 13.7. The van der Waals surface area contributed by atoms with E-state index >= 15 is 0 Å². The van der Waals surface area contributed by atoms with Gasteiger partial charge in [-0.15, -0.1) is 0 Å². The molecule has 9 heteroatoms. The third-order valence-electron chi connectivity index (χ3n) is 6.55. The fourth-order valence-corrected chi connectivity index (χ4v) is 2.32. The molecule has 0 rings (SSSR count). The second kappa shape index (κ2) is 28.3. The molecule has 0 aliphatic rings. The fraction of sp³-hybridized carbons (Fsp3) is 0.778. The van der Waals surface area contributed by atoms with Crippen LogP contribution in [0.5, 0.6) is 0 Å². The van der Waals surface area contributed by atoms with Crippen molar-refractivity contribution in [1.82, 2.24) is 0 Å². The maximum absolute atomic E-state index is 11.0. The van der Waals surface area contributed by atoms with E-state index in [0.717, 1.165) is 0 Å². The van der Waals surface area contributed by atoms with Crippen molar-refractivity contribution in [1.29, 1.82) is 0 Å². The minimum Gasteiger partial charge on any atom is -0.299 e. The van der Waals surface area contributed by atoms with Gasteiger partial charge < -0.3 is 0 Å². The van der Waals surface area contributed by atoms with Crippen LogP contribution in [-0.2, 0) is 60.1 Å². The Morgan fingerprint density at radius 3 is 0.356 bits per heavy atom. The fourth-order valence-electron chi connectivity index (χ4n) is 2.32. The smallest absolute Gasteiger partial charge is 0.142 e. The van der Waals surface area contributed by atoms with E-state index in [1.807, 2.05) is 111 Å². The van der Waals surface area contributed by atoms with Gasteiger partial charge in [0.25, 0.3) is 0 Å². The van der Waals surface area contributed by atoms with Crippen LogP contribution in [0.4, 0.5) is 0 Å². The van der Waals surface area contributed by atoms with Gasteiger partial charge in [0.1, 0.15) is 46.3 Å². The predicted octanol–water partition coefficient (Wildman–Crippen LogP) is 7.30. The summed E-state index contributed by atoms with van der Waals surface area (Å²) in [4.78, 5) is 88.3. The van der Waals surface area contributed by atoms with Gasteiger partial charge in [-0.25, -0.2) is 0 Å². The summed E-state index contributed by atoms with van der Waals surface area (Å²) >= 11 is 0. The number of carbonyl (C=O) groups is 8. The third-order valence-corrected chi connectivity index (χ3v) is 6.55. The molecule has 0 aromatic carbocycles. The normalized spacial score (nSPS) is 10.5. The Balaban J connectivity index is -0.000000157. The van der Waals surface area contributed by atoms with Crippen LogP contribution in [-0.4, -0.2) is 46.3 Å². The van der Waals surface area contributed by atoms with E-state index in [1.54, 1.807) is 0 Å². The molecule has 0 N–H and O–H groups in total. The zero-order chi connectivity index (χ0) is 36.1. The standard InChI is InChI=1S/4C9H16O2.Ti/c4*1-6(2)8(10)5-9(11)7(3)4;/h4*6-7H,5H2,1-4H3;. The van der Waals surface area contributed by atoms with Crippen molar-refractivity contribution in [3.05, 3.63) is 0 Å². The number of ketones is 8. The molecule has 0 amide bonds. The van der Waals surface area contributed by atoms with E-state index in [2.05, 4.69) is 0 Å². The second-order valence-electron chi connectivity index (χ2n) is 13.7. The van der Waals surface area contributed by atoms with Gasteiger partial charge in [0, 0.05) is 69.1 Å². The van der Waals surface area contributed by atoms with Crippen LogP contribution in [0.25, 0.3) is 0 Å². The maximum atomic E-state index is 11.0. The summed E-state index contributed by atoms with van der Waals surface area (Å²) < 4.78 is 0. The molecule has 0 saturated heterocycles. The third kappa shape index (κ3) is 31.8. The van der Waals surface area contributed by atoms with Crippen LogP contribution in [0.1, 0.15) is 136 Å². The molecule has 8 nitrogen and oxygen atoms in total. The largest absolute Gasteiger partial charge is 0.299 e. The Morgan fingerprint density at radius 2 is 0.311 bits per heavy atom. The van der Waals surface area contributed by atoms with Gasteiger partial charge in [0.15, 0.2) is 0 Å². The molecule has 0 heterocycles. The van der Waals surface area contributed by atoms with Crippen molar-refractivity contribution >= 4 is 46.3 Å². The molecule has 0 spiro atoms. The molecule has 0 aliphatic heterocycles. The van der Waals surface area contributed by atoms with Crippen molar-refractivity contribution in [2.24, 2.45) is 47.3 Å². The molecule has 0 bridgehead atoms. The van der Waals surface area contributed by atoms with E-state index in [-0.39, 0.29) is 141 Å². The first-order chi connectivity index (χ1) is 19.8. The van der Waals surface area contributed by atoms with Gasteiger partial charge in [0.2, 0.25) is 0 Å². The first kappa shape index (κ1) is 52.6. The van der Waals surface area contributed by atoms with Crippen molar-refractivity contribution in [3.63, 3.8) is 0 Å². The molecule has 0 aromatic heterocycles. The molecule has 0 saturated carbocycles. The Kier molecular flexibility index (Phi) is 33.1. The summed E-state index contributed by atoms with van der Waals surface area (Å²) in [5, 5.41) is 0. The van der Waals surface area contributed by atoms with Gasteiger partial charge >= 0.3 is 0 Å². The van der Waals surface area contributed by atoms with Gasteiger partial charge in [-0.3, -0.25) is 38.4 Å². The number of carbonyl (C=O) groups excluding carboxylic acids is 8. The van der Waals surface area contributed by atoms with Crippen LogP contribution in [0.3, 0.4) is 0 Å². The van der Waals surface area contributed by atoms with Crippen molar-refractivity contribution < 1.29 is 60.1 Å². The van der Waals surface area contributed by atoms with Crippen LogP contribution < -0.4 is 0 Å². The number of hydrogen-bond acceptors (Lipinski definition) is 8. The van der Waals surface area contributed by atoms with Crippen LogP contribution in [0.15, 0.2) is 0 Å². The molecule has 260 valence electrons. The first-order valence-corrected chi connectivity index (χ1v) is 16.0. The van der Waals surface area contributed by atoms with Crippen molar-refractivity contribution in [3.8, 4) is 0 Å². The molecular formula is C36H64O8Ti. The molecule has 0 unspecified atom stereocenters. The molecule has 0 atom stereocenters. The SMILES string of the molecule is CC(C)C(=O)CC(=O)C(C)C.CC(C)C(=O)CC(=O)C(C)C.CC(C)C(=O)CC(=O)C(C)C.CC(C)C(=O)CC(=O)C(C)C.[Ti]. The maximum Gasteiger partial charge on any atom is 0.142 e. The average Bonchev–Trinajstić information content (AvgIpc) is 2.88. The first-order valence-electron chi connectivity index (χ1n) is 16.0. The van der Waals surface area contributed by atoms with Gasteiger partial charge in [-0.1, -0.05) is 111 Å².